The van der Waals surface area contributed by atoms with Gasteiger partial charge in [-0.15, -0.1) is 0 Å². The Morgan fingerprint density at radius 3 is 2.37 bits per heavy atom. The first kappa shape index (κ1) is 13.8. The number of hydrogen-bond donors (Lipinski definition) is 5. The smallest absolute Gasteiger partial charge is 0.335 e. The van der Waals surface area contributed by atoms with Crippen LogP contribution < -0.4 is 5.32 Å². The first-order chi connectivity index (χ1) is 8.99. The second kappa shape index (κ2) is 5.54. The van der Waals surface area contributed by atoms with Gasteiger partial charge in [0.2, 0.25) is 0 Å². The number of anilines is 1. The van der Waals surface area contributed by atoms with E-state index in [9.17, 15) is 20.1 Å². The fourth-order valence-corrected chi connectivity index (χ4v) is 1.81. The molecule has 1 aromatic rings. The SMILES string of the molecule is O=C(O)c1ccc(N[C@H]2OC[C@H](O)[C@@H](O)[C@H]2O)cc1. The molecule has 0 amide bonds. The number of aromatic carboxylic acids is 1. The molecule has 0 aromatic heterocycles. The van der Waals surface area contributed by atoms with E-state index in [1.165, 1.54) is 24.3 Å². The summed E-state index contributed by atoms with van der Waals surface area (Å²) in [6.45, 7) is -0.0941. The molecule has 2 rings (SSSR count). The summed E-state index contributed by atoms with van der Waals surface area (Å²) in [5.41, 5.74) is 0.684. The predicted octanol–water partition coefficient (Wildman–Crippen LogP) is -0.764. The molecule has 104 valence electrons. The second-order valence-electron chi connectivity index (χ2n) is 4.33. The molecule has 0 bridgehead atoms. The molecule has 1 fully saturated rings. The quantitative estimate of drug-likeness (QED) is 0.489. The van der Waals surface area contributed by atoms with Crippen molar-refractivity contribution in [2.45, 2.75) is 24.5 Å². The Morgan fingerprint density at radius 2 is 1.79 bits per heavy atom. The van der Waals surface area contributed by atoms with Crippen LogP contribution in [0.5, 0.6) is 0 Å². The predicted molar refractivity (Wildman–Crippen MR) is 64.8 cm³/mol. The monoisotopic (exact) mass is 269 g/mol. The van der Waals surface area contributed by atoms with Gasteiger partial charge in [-0.1, -0.05) is 0 Å². The van der Waals surface area contributed by atoms with Gasteiger partial charge >= 0.3 is 5.97 Å². The van der Waals surface area contributed by atoms with Crippen LogP contribution in [0.2, 0.25) is 0 Å². The first-order valence-electron chi connectivity index (χ1n) is 5.74. The molecule has 7 heteroatoms. The topological polar surface area (TPSA) is 119 Å². The molecular formula is C12H15NO6. The van der Waals surface area contributed by atoms with Crippen LogP contribution in [0.1, 0.15) is 10.4 Å². The summed E-state index contributed by atoms with van der Waals surface area (Å²) in [7, 11) is 0. The highest BCUT2D eigenvalue weighted by Crippen LogP contribution is 2.19. The lowest BCUT2D eigenvalue weighted by molar-refractivity contribution is -0.178. The van der Waals surface area contributed by atoms with Crippen LogP contribution in [0.3, 0.4) is 0 Å². The molecule has 19 heavy (non-hydrogen) atoms. The van der Waals surface area contributed by atoms with Crippen LogP contribution >= 0.6 is 0 Å². The Hall–Kier alpha value is -1.67. The van der Waals surface area contributed by atoms with E-state index >= 15 is 0 Å². The number of carboxylic acid groups (broad SMARTS) is 1. The Balaban J connectivity index is 2.03. The van der Waals surface area contributed by atoms with E-state index in [-0.39, 0.29) is 12.2 Å². The van der Waals surface area contributed by atoms with Gasteiger partial charge in [0.25, 0.3) is 0 Å². The largest absolute Gasteiger partial charge is 0.478 e. The van der Waals surface area contributed by atoms with Crippen molar-refractivity contribution in [2.75, 3.05) is 11.9 Å². The molecule has 5 N–H and O–H groups in total. The standard InChI is InChI=1S/C12H15NO6/c14-8-5-19-11(10(16)9(8)15)13-7-3-1-6(2-4-7)12(17)18/h1-4,8-11,13-16H,5H2,(H,17,18)/t8-,9+,10+,11-/m0/s1. The number of hydrogen-bond acceptors (Lipinski definition) is 6. The number of ether oxygens (including phenoxy) is 1. The lowest BCUT2D eigenvalue weighted by Crippen LogP contribution is -2.55. The summed E-state index contributed by atoms with van der Waals surface area (Å²) in [6.07, 6.45) is -4.55. The summed E-state index contributed by atoms with van der Waals surface area (Å²) >= 11 is 0. The third-order valence-corrected chi connectivity index (χ3v) is 2.94. The minimum absolute atomic E-state index is 0.0941. The van der Waals surface area contributed by atoms with Gasteiger partial charge < -0.3 is 30.5 Å². The van der Waals surface area contributed by atoms with E-state index < -0.39 is 30.5 Å². The van der Waals surface area contributed by atoms with Crippen molar-refractivity contribution in [3.05, 3.63) is 29.8 Å². The minimum Gasteiger partial charge on any atom is -0.478 e. The zero-order valence-electron chi connectivity index (χ0n) is 9.93. The van der Waals surface area contributed by atoms with Gasteiger partial charge in [0.05, 0.1) is 12.2 Å². The lowest BCUT2D eigenvalue weighted by atomic mass is 10.0. The molecule has 0 saturated carbocycles. The normalized spacial score (nSPS) is 30.9. The number of carbonyl (C=O) groups is 1. The van der Waals surface area contributed by atoms with E-state index in [4.69, 9.17) is 9.84 Å². The molecule has 0 unspecified atom stereocenters. The fraction of sp³-hybridized carbons (Fsp3) is 0.417. The van der Waals surface area contributed by atoms with Gasteiger partial charge in [-0.3, -0.25) is 0 Å². The third kappa shape index (κ3) is 3.02. The van der Waals surface area contributed by atoms with E-state index in [0.29, 0.717) is 5.69 Å². The minimum atomic E-state index is -1.29. The van der Waals surface area contributed by atoms with Crippen molar-refractivity contribution in [3.63, 3.8) is 0 Å². The maximum Gasteiger partial charge on any atom is 0.335 e. The van der Waals surface area contributed by atoms with Crippen molar-refractivity contribution < 1.29 is 30.0 Å². The number of nitrogens with one attached hydrogen (secondary N) is 1. The van der Waals surface area contributed by atoms with E-state index in [1.807, 2.05) is 0 Å². The summed E-state index contributed by atoms with van der Waals surface area (Å²) in [5.74, 6) is -1.03. The van der Waals surface area contributed by atoms with Crippen LogP contribution in [0.4, 0.5) is 5.69 Å². The number of aliphatic hydroxyl groups is 3. The number of aliphatic hydroxyl groups excluding tert-OH is 3. The molecule has 0 aliphatic carbocycles. The number of carboxylic acids is 1. The second-order valence-corrected chi connectivity index (χ2v) is 4.33. The number of benzene rings is 1. The highest BCUT2D eigenvalue weighted by atomic mass is 16.5. The van der Waals surface area contributed by atoms with E-state index in [1.54, 1.807) is 0 Å². The van der Waals surface area contributed by atoms with Crippen molar-refractivity contribution in [1.82, 2.24) is 0 Å². The maximum atomic E-state index is 10.7. The molecule has 4 atom stereocenters. The molecule has 1 heterocycles. The Kier molecular flexibility index (Phi) is 4.01. The maximum absolute atomic E-state index is 10.7. The van der Waals surface area contributed by atoms with Gasteiger partial charge in [0.1, 0.15) is 18.3 Å². The van der Waals surface area contributed by atoms with Gasteiger partial charge in [-0.2, -0.15) is 0 Å². The van der Waals surface area contributed by atoms with Crippen LogP contribution in [-0.4, -0.2) is 57.5 Å². The van der Waals surface area contributed by atoms with Crippen LogP contribution in [0.15, 0.2) is 24.3 Å². The van der Waals surface area contributed by atoms with Gasteiger partial charge in [-0.05, 0) is 24.3 Å². The molecule has 0 radical (unpaired) electrons. The average molecular weight is 269 g/mol. The highest BCUT2D eigenvalue weighted by molar-refractivity contribution is 5.87. The Bertz CT molecular complexity index is 448. The average Bonchev–Trinajstić information content (AvgIpc) is 2.40. The molecule has 7 nitrogen and oxygen atoms in total. The molecule has 1 saturated heterocycles. The third-order valence-electron chi connectivity index (χ3n) is 2.94. The van der Waals surface area contributed by atoms with Crippen molar-refractivity contribution in [2.24, 2.45) is 0 Å². The molecule has 1 aliphatic rings. The van der Waals surface area contributed by atoms with Gasteiger partial charge in [0.15, 0.2) is 6.23 Å². The summed E-state index contributed by atoms with van der Waals surface area (Å²) in [4.78, 5) is 10.7. The van der Waals surface area contributed by atoms with E-state index in [0.717, 1.165) is 0 Å². The molecule has 0 spiro atoms. The zero-order valence-corrected chi connectivity index (χ0v) is 9.93. The summed E-state index contributed by atoms with van der Waals surface area (Å²) in [6, 6.07) is 5.87. The zero-order chi connectivity index (χ0) is 14.0. The van der Waals surface area contributed by atoms with Crippen molar-refractivity contribution >= 4 is 11.7 Å². The van der Waals surface area contributed by atoms with Crippen LogP contribution in [0, 0.1) is 0 Å². The van der Waals surface area contributed by atoms with Gasteiger partial charge in [0, 0.05) is 5.69 Å². The molecule has 1 aromatic carbocycles. The van der Waals surface area contributed by atoms with E-state index in [2.05, 4.69) is 5.32 Å². The highest BCUT2D eigenvalue weighted by Gasteiger charge is 2.37. The summed E-state index contributed by atoms with van der Waals surface area (Å²) in [5, 5.41) is 40.1. The Labute approximate surface area is 109 Å². The lowest BCUT2D eigenvalue weighted by Gasteiger charge is -2.35. The van der Waals surface area contributed by atoms with Crippen LogP contribution in [0.25, 0.3) is 0 Å². The number of rotatable bonds is 3. The van der Waals surface area contributed by atoms with Crippen molar-refractivity contribution in [3.8, 4) is 0 Å². The molecule has 1 aliphatic heterocycles. The van der Waals surface area contributed by atoms with Crippen LogP contribution in [-0.2, 0) is 4.74 Å². The van der Waals surface area contributed by atoms with Gasteiger partial charge in [-0.25, -0.2) is 4.79 Å². The first-order valence-corrected chi connectivity index (χ1v) is 5.74. The van der Waals surface area contributed by atoms with Crippen molar-refractivity contribution in [1.29, 1.82) is 0 Å². The Morgan fingerprint density at radius 1 is 1.16 bits per heavy atom. The summed E-state index contributed by atoms with van der Waals surface area (Å²) < 4.78 is 5.17. The molecular weight excluding hydrogens is 254 g/mol. The fourth-order valence-electron chi connectivity index (χ4n) is 1.81.